The van der Waals surface area contributed by atoms with Crippen LogP contribution in [0.3, 0.4) is 0 Å². The molecule has 15 heavy (non-hydrogen) atoms. The zero-order valence-electron chi connectivity index (χ0n) is 8.95. The minimum atomic E-state index is -0.00899. The Balaban J connectivity index is 2.71. The largest absolute Gasteiger partial charge is 0.381 e. The van der Waals surface area contributed by atoms with E-state index in [0.717, 1.165) is 5.69 Å². The fraction of sp³-hybridized carbons (Fsp3) is 0.400. The first-order chi connectivity index (χ1) is 6.88. The standard InChI is InChI=1S/C10H13ClN4/c1-10(2,3)6-4-15-5-7(11)14-8(12)9(15)13-6/h4-5H,1-3H3,(H2,12,14). The second-order valence-electron chi connectivity index (χ2n) is 4.56. The van der Waals surface area contributed by atoms with Crippen LogP contribution in [0.25, 0.3) is 5.65 Å². The second-order valence-corrected chi connectivity index (χ2v) is 4.94. The number of hydrogen-bond acceptors (Lipinski definition) is 3. The van der Waals surface area contributed by atoms with E-state index in [-0.39, 0.29) is 5.41 Å². The van der Waals surface area contributed by atoms with Crippen molar-refractivity contribution >= 4 is 23.1 Å². The van der Waals surface area contributed by atoms with Gasteiger partial charge >= 0.3 is 0 Å². The summed E-state index contributed by atoms with van der Waals surface area (Å²) in [7, 11) is 0. The number of imidazole rings is 1. The predicted octanol–water partition coefficient (Wildman–Crippen LogP) is 2.26. The van der Waals surface area contributed by atoms with Crippen LogP contribution >= 0.6 is 11.6 Å². The maximum Gasteiger partial charge on any atom is 0.180 e. The van der Waals surface area contributed by atoms with Crippen molar-refractivity contribution in [1.29, 1.82) is 0 Å². The van der Waals surface area contributed by atoms with E-state index < -0.39 is 0 Å². The normalized spacial score (nSPS) is 12.3. The van der Waals surface area contributed by atoms with Crippen LogP contribution in [0.5, 0.6) is 0 Å². The summed E-state index contributed by atoms with van der Waals surface area (Å²) in [5.74, 6) is 0.359. The number of nitrogen functional groups attached to an aromatic ring is 1. The van der Waals surface area contributed by atoms with Gasteiger partial charge in [-0.25, -0.2) is 9.97 Å². The summed E-state index contributed by atoms with van der Waals surface area (Å²) < 4.78 is 1.81. The lowest BCUT2D eigenvalue weighted by Crippen LogP contribution is -2.11. The Hall–Kier alpha value is -1.29. The monoisotopic (exact) mass is 224 g/mol. The van der Waals surface area contributed by atoms with Crippen molar-refractivity contribution in [3.8, 4) is 0 Å². The highest BCUT2D eigenvalue weighted by Crippen LogP contribution is 2.23. The third kappa shape index (κ3) is 1.77. The van der Waals surface area contributed by atoms with E-state index >= 15 is 0 Å². The molecule has 2 heterocycles. The Morgan fingerprint density at radius 1 is 1.27 bits per heavy atom. The Kier molecular flexibility index (Phi) is 2.12. The van der Waals surface area contributed by atoms with Gasteiger partial charge in [0.15, 0.2) is 11.5 Å². The minimum Gasteiger partial charge on any atom is -0.381 e. The molecule has 0 aliphatic heterocycles. The average molecular weight is 225 g/mol. The topological polar surface area (TPSA) is 56.2 Å². The molecular formula is C10H13ClN4. The van der Waals surface area contributed by atoms with Gasteiger partial charge in [-0.3, -0.25) is 0 Å². The summed E-state index contributed by atoms with van der Waals surface area (Å²) >= 11 is 5.81. The molecule has 0 radical (unpaired) electrons. The van der Waals surface area contributed by atoms with Crippen LogP contribution in [0, 0.1) is 0 Å². The summed E-state index contributed by atoms with van der Waals surface area (Å²) in [6.45, 7) is 6.29. The highest BCUT2D eigenvalue weighted by atomic mass is 35.5. The first-order valence-corrected chi connectivity index (χ1v) is 5.07. The van der Waals surface area contributed by atoms with E-state index in [4.69, 9.17) is 17.3 Å². The molecular weight excluding hydrogens is 212 g/mol. The molecule has 0 bridgehead atoms. The van der Waals surface area contributed by atoms with E-state index in [1.165, 1.54) is 0 Å². The number of nitrogens with two attached hydrogens (primary N) is 1. The van der Waals surface area contributed by atoms with Crippen LogP contribution in [0.15, 0.2) is 12.4 Å². The average Bonchev–Trinajstić information content (AvgIpc) is 2.46. The first kappa shape index (κ1) is 10.2. The van der Waals surface area contributed by atoms with Crippen LogP contribution in [0.4, 0.5) is 5.82 Å². The Morgan fingerprint density at radius 3 is 2.53 bits per heavy atom. The van der Waals surface area contributed by atoms with Crippen molar-refractivity contribution < 1.29 is 0 Å². The van der Waals surface area contributed by atoms with Crippen molar-refractivity contribution in [2.24, 2.45) is 0 Å². The molecule has 0 saturated carbocycles. The SMILES string of the molecule is CC(C)(C)c1cn2cc(Cl)nc(N)c2n1. The molecule has 5 heteroatoms. The Morgan fingerprint density at radius 2 is 1.93 bits per heavy atom. The molecule has 0 amide bonds. The molecule has 0 aromatic carbocycles. The molecule has 0 aliphatic carbocycles. The van der Waals surface area contributed by atoms with Gasteiger partial charge in [0.05, 0.1) is 5.69 Å². The summed E-state index contributed by atoms with van der Waals surface area (Å²) in [4.78, 5) is 8.40. The lowest BCUT2D eigenvalue weighted by atomic mass is 9.93. The van der Waals surface area contributed by atoms with Crippen molar-refractivity contribution in [2.45, 2.75) is 26.2 Å². The van der Waals surface area contributed by atoms with Crippen molar-refractivity contribution in [1.82, 2.24) is 14.4 Å². The third-order valence-corrected chi connectivity index (χ3v) is 2.38. The van der Waals surface area contributed by atoms with Gasteiger partial charge in [-0.2, -0.15) is 0 Å². The number of aromatic nitrogens is 3. The number of anilines is 1. The molecule has 2 rings (SSSR count). The zero-order chi connectivity index (χ0) is 11.2. The fourth-order valence-electron chi connectivity index (χ4n) is 1.35. The van der Waals surface area contributed by atoms with E-state index in [1.54, 1.807) is 6.20 Å². The van der Waals surface area contributed by atoms with Crippen LogP contribution in [-0.2, 0) is 5.41 Å². The molecule has 2 aromatic heterocycles. The highest BCUT2D eigenvalue weighted by Gasteiger charge is 2.18. The summed E-state index contributed by atoms with van der Waals surface area (Å²) in [5.41, 5.74) is 7.35. The predicted molar refractivity (Wildman–Crippen MR) is 61.1 cm³/mol. The van der Waals surface area contributed by atoms with Crippen molar-refractivity contribution in [3.05, 3.63) is 23.2 Å². The van der Waals surface area contributed by atoms with E-state index in [2.05, 4.69) is 30.7 Å². The molecule has 0 unspecified atom stereocenters. The van der Waals surface area contributed by atoms with E-state index in [1.807, 2.05) is 10.6 Å². The fourth-order valence-corrected chi connectivity index (χ4v) is 1.55. The molecule has 0 fully saturated rings. The summed E-state index contributed by atoms with van der Waals surface area (Å²) in [5, 5.41) is 0.373. The first-order valence-electron chi connectivity index (χ1n) is 4.69. The van der Waals surface area contributed by atoms with Gasteiger partial charge in [0.1, 0.15) is 5.15 Å². The van der Waals surface area contributed by atoms with Gasteiger partial charge in [0.25, 0.3) is 0 Å². The molecule has 0 aliphatic rings. The summed E-state index contributed by atoms with van der Waals surface area (Å²) in [6.07, 6.45) is 3.63. The van der Waals surface area contributed by atoms with E-state index in [9.17, 15) is 0 Å². The minimum absolute atomic E-state index is 0.00899. The lowest BCUT2D eigenvalue weighted by molar-refractivity contribution is 0.573. The Labute approximate surface area is 93.1 Å². The van der Waals surface area contributed by atoms with E-state index in [0.29, 0.717) is 16.6 Å². The smallest absolute Gasteiger partial charge is 0.180 e. The van der Waals surface area contributed by atoms with Crippen molar-refractivity contribution in [3.63, 3.8) is 0 Å². The maximum atomic E-state index is 5.81. The molecule has 80 valence electrons. The summed E-state index contributed by atoms with van der Waals surface area (Å²) in [6, 6.07) is 0. The maximum absolute atomic E-state index is 5.81. The number of fused-ring (bicyclic) bond motifs is 1. The van der Waals surface area contributed by atoms with Crippen LogP contribution in [0.1, 0.15) is 26.5 Å². The molecule has 0 atom stereocenters. The third-order valence-electron chi connectivity index (χ3n) is 2.20. The molecule has 0 saturated heterocycles. The molecule has 2 N–H and O–H groups in total. The van der Waals surface area contributed by atoms with Crippen molar-refractivity contribution in [2.75, 3.05) is 5.73 Å². The van der Waals surface area contributed by atoms with Gasteiger partial charge in [-0.15, -0.1) is 0 Å². The number of hydrogen-bond donors (Lipinski definition) is 1. The molecule has 2 aromatic rings. The van der Waals surface area contributed by atoms with Crippen LogP contribution < -0.4 is 5.73 Å². The van der Waals surface area contributed by atoms with Gasteiger partial charge in [0, 0.05) is 17.8 Å². The molecule has 0 spiro atoms. The second kappa shape index (κ2) is 3.10. The molecule has 4 nitrogen and oxygen atoms in total. The lowest BCUT2D eigenvalue weighted by Gasteiger charge is -2.13. The number of nitrogens with zero attached hydrogens (tertiary/aromatic N) is 3. The number of rotatable bonds is 0. The Bertz CT molecular complexity index is 510. The van der Waals surface area contributed by atoms with Gasteiger partial charge in [-0.1, -0.05) is 32.4 Å². The highest BCUT2D eigenvalue weighted by molar-refractivity contribution is 6.29. The van der Waals surface area contributed by atoms with Gasteiger partial charge < -0.3 is 10.1 Å². The van der Waals surface area contributed by atoms with Crippen LogP contribution in [-0.4, -0.2) is 14.4 Å². The van der Waals surface area contributed by atoms with Gasteiger partial charge in [0.2, 0.25) is 0 Å². The number of halogens is 1. The zero-order valence-corrected chi connectivity index (χ0v) is 9.71. The quantitative estimate of drug-likeness (QED) is 0.747. The van der Waals surface area contributed by atoms with Crippen LogP contribution in [0.2, 0.25) is 5.15 Å². The van der Waals surface area contributed by atoms with Gasteiger partial charge in [-0.05, 0) is 0 Å².